The van der Waals surface area contributed by atoms with Gasteiger partial charge in [0.2, 0.25) is 6.20 Å². The summed E-state index contributed by atoms with van der Waals surface area (Å²) in [6, 6.07) is 14.4. The van der Waals surface area contributed by atoms with Crippen molar-refractivity contribution in [1.82, 2.24) is 0 Å². The van der Waals surface area contributed by atoms with E-state index >= 15 is 0 Å². The van der Waals surface area contributed by atoms with Crippen LogP contribution < -0.4 is 14.8 Å². The molecule has 0 aliphatic heterocycles. The van der Waals surface area contributed by atoms with Crippen LogP contribution in [0.4, 0.5) is 5.69 Å². The minimum atomic E-state index is -0.309. The number of amides is 1. The minimum absolute atomic E-state index is 0.309. The van der Waals surface area contributed by atoms with E-state index in [4.69, 9.17) is 9.15 Å². The van der Waals surface area contributed by atoms with Crippen LogP contribution >= 0.6 is 0 Å². The first-order chi connectivity index (χ1) is 13.7. The Morgan fingerprint density at radius 3 is 2.86 bits per heavy atom. The first kappa shape index (κ1) is 16.6. The topological polar surface area (TPSA) is 78.4 Å². The van der Waals surface area contributed by atoms with Gasteiger partial charge in [0.25, 0.3) is 5.91 Å². The molecule has 6 nitrogen and oxygen atoms in total. The molecule has 1 N–H and O–H groups in total. The van der Waals surface area contributed by atoms with Crippen LogP contribution in [0.25, 0.3) is 21.9 Å². The molecule has 0 radical (unpaired) electrons. The number of carbonyl (C=O) groups excluding carboxylic acids is 1. The van der Waals surface area contributed by atoms with Crippen molar-refractivity contribution in [1.29, 1.82) is 0 Å². The van der Waals surface area contributed by atoms with Crippen molar-refractivity contribution in [2.24, 2.45) is 5.92 Å². The highest BCUT2D eigenvalue weighted by molar-refractivity contribution is 6.20. The van der Waals surface area contributed by atoms with Crippen molar-refractivity contribution in [3.05, 3.63) is 71.7 Å². The van der Waals surface area contributed by atoms with Crippen molar-refractivity contribution >= 4 is 33.5 Å². The molecule has 2 heterocycles. The summed E-state index contributed by atoms with van der Waals surface area (Å²) in [6.45, 7) is 0.658. The molecule has 1 aliphatic carbocycles. The smallest absolute Gasteiger partial charge is 0.256 e. The maximum absolute atomic E-state index is 13.0. The minimum Gasteiger partial charge on any atom is -0.619 e. The summed E-state index contributed by atoms with van der Waals surface area (Å²) in [7, 11) is 0. The Balaban J connectivity index is 1.59. The third-order valence-electron chi connectivity index (χ3n) is 4.94. The zero-order valence-electron chi connectivity index (χ0n) is 15.1. The summed E-state index contributed by atoms with van der Waals surface area (Å²) in [6.07, 6.45) is 5.07. The second-order valence-corrected chi connectivity index (χ2v) is 7.07. The third-order valence-corrected chi connectivity index (χ3v) is 4.94. The molecule has 6 heteroatoms. The lowest BCUT2D eigenvalue weighted by Crippen LogP contribution is -2.25. The van der Waals surface area contributed by atoms with Gasteiger partial charge in [-0.25, -0.2) is 0 Å². The third kappa shape index (κ3) is 3.03. The van der Waals surface area contributed by atoms with Crippen LogP contribution in [-0.4, -0.2) is 12.5 Å². The highest BCUT2D eigenvalue weighted by Gasteiger charge is 2.24. The molecule has 1 saturated carbocycles. The highest BCUT2D eigenvalue weighted by atomic mass is 16.5. The number of fused-ring (bicyclic) bond motifs is 3. The van der Waals surface area contributed by atoms with E-state index in [-0.39, 0.29) is 5.91 Å². The van der Waals surface area contributed by atoms with E-state index in [0.29, 0.717) is 50.8 Å². The van der Waals surface area contributed by atoms with Gasteiger partial charge in [0, 0.05) is 16.8 Å². The van der Waals surface area contributed by atoms with Crippen LogP contribution in [0, 0.1) is 11.1 Å². The first-order valence-electron chi connectivity index (χ1n) is 9.26. The van der Waals surface area contributed by atoms with Gasteiger partial charge in [0.05, 0.1) is 12.2 Å². The summed E-state index contributed by atoms with van der Waals surface area (Å²) in [4.78, 5) is 13.0. The lowest BCUT2D eigenvalue weighted by atomic mass is 10.0. The number of furan rings is 1. The monoisotopic (exact) mass is 374 g/mol. The molecular weight excluding hydrogens is 356 g/mol. The molecular formula is C22H18N2O4. The number of ether oxygens (including phenoxy) is 1. The van der Waals surface area contributed by atoms with Crippen molar-refractivity contribution in [3.63, 3.8) is 0 Å². The van der Waals surface area contributed by atoms with Gasteiger partial charge in [-0.3, -0.25) is 4.79 Å². The fraction of sp³-hybridized carbons (Fsp3) is 0.182. The number of benzene rings is 2. The molecule has 0 bridgehead atoms. The van der Waals surface area contributed by atoms with Gasteiger partial charge in [0.1, 0.15) is 11.3 Å². The van der Waals surface area contributed by atoms with Crippen molar-refractivity contribution in [2.45, 2.75) is 12.8 Å². The second-order valence-electron chi connectivity index (χ2n) is 7.07. The molecule has 0 spiro atoms. The average molecular weight is 374 g/mol. The molecule has 1 fully saturated rings. The summed E-state index contributed by atoms with van der Waals surface area (Å²) in [5.41, 5.74) is 2.17. The fourth-order valence-electron chi connectivity index (χ4n) is 3.33. The second kappa shape index (κ2) is 6.56. The summed E-state index contributed by atoms with van der Waals surface area (Å²) in [5, 5.41) is 15.8. The maximum atomic E-state index is 13.0. The number of hydrogen-bond acceptors (Lipinski definition) is 4. The summed E-state index contributed by atoms with van der Waals surface area (Å²) >= 11 is 0. The molecule has 2 aromatic heterocycles. The van der Waals surface area contributed by atoms with E-state index in [1.54, 1.807) is 24.3 Å². The Labute approximate surface area is 160 Å². The summed E-state index contributed by atoms with van der Waals surface area (Å²) < 4.78 is 12.7. The van der Waals surface area contributed by atoms with Crippen LogP contribution in [0.3, 0.4) is 0 Å². The molecule has 2 aromatic carbocycles. The number of aromatic nitrogens is 1. The number of rotatable bonds is 5. The van der Waals surface area contributed by atoms with E-state index in [0.717, 1.165) is 5.39 Å². The number of carbonyl (C=O) groups is 1. The maximum Gasteiger partial charge on any atom is 0.256 e. The normalized spacial score (nSPS) is 13.7. The largest absolute Gasteiger partial charge is 0.619 e. The Morgan fingerprint density at radius 2 is 2.04 bits per heavy atom. The van der Waals surface area contributed by atoms with Gasteiger partial charge >= 0.3 is 0 Å². The zero-order valence-corrected chi connectivity index (χ0v) is 15.1. The lowest BCUT2D eigenvalue weighted by molar-refractivity contribution is -0.604. The van der Waals surface area contributed by atoms with E-state index in [1.165, 1.54) is 25.2 Å². The van der Waals surface area contributed by atoms with Crippen LogP contribution in [0.5, 0.6) is 5.75 Å². The number of nitrogens with one attached hydrogen (secondary N) is 1. The van der Waals surface area contributed by atoms with Crippen molar-refractivity contribution < 1.29 is 18.7 Å². The Morgan fingerprint density at radius 1 is 1.18 bits per heavy atom. The quantitative estimate of drug-likeness (QED) is 0.418. The molecule has 0 saturated heterocycles. The van der Waals surface area contributed by atoms with Crippen LogP contribution in [0.15, 0.2) is 65.3 Å². The Hall–Kier alpha value is -3.54. The van der Waals surface area contributed by atoms with E-state index in [1.807, 2.05) is 24.3 Å². The molecule has 28 heavy (non-hydrogen) atoms. The average Bonchev–Trinajstić information content (AvgIpc) is 3.44. The zero-order chi connectivity index (χ0) is 19.1. The Kier molecular flexibility index (Phi) is 3.90. The van der Waals surface area contributed by atoms with Crippen LogP contribution in [0.2, 0.25) is 0 Å². The number of pyridine rings is 1. The standard InChI is InChI=1S/C22H18N2O4/c25-22(23-15-4-3-11-24(26)12-15)17-9-10-19(27-13-14-7-8-14)21-20(17)16-5-1-2-6-18(16)28-21/h1-6,9-12,14H,7-8,13H2,(H,23,25). The van der Waals surface area contributed by atoms with Crippen LogP contribution in [-0.2, 0) is 0 Å². The molecule has 5 rings (SSSR count). The molecule has 0 atom stereocenters. The summed E-state index contributed by atoms with van der Waals surface area (Å²) in [5.74, 6) is 0.947. The van der Waals surface area contributed by atoms with Crippen molar-refractivity contribution in [2.75, 3.05) is 11.9 Å². The molecule has 0 unspecified atom stereocenters. The Bertz CT molecular complexity index is 1190. The van der Waals surface area contributed by atoms with Crippen LogP contribution in [0.1, 0.15) is 23.2 Å². The SMILES string of the molecule is O=C(Nc1ccc[n+]([O-])c1)c1ccc(OCC2CC2)c2oc3ccccc3c12. The predicted octanol–water partition coefficient (Wildman–Crippen LogP) is 4.26. The fourth-order valence-corrected chi connectivity index (χ4v) is 3.33. The van der Waals surface area contributed by atoms with Gasteiger partial charge in [-0.15, -0.1) is 0 Å². The first-order valence-corrected chi connectivity index (χ1v) is 9.26. The van der Waals surface area contributed by atoms with E-state index < -0.39 is 0 Å². The molecule has 1 amide bonds. The number of hydrogen-bond donors (Lipinski definition) is 1. The van der Waals surface area contributed by atoms with Gasteiger partial charge in [0.15, 0.2) is 17.5 Å². The molecule has 4 aromatic rings. The van der Waals surface area contributed by atoms with Crippen molar-refractivity contribution in [3.8, 4) is 5.75 Å². The van der Waals surface area contributed by atoms with Gasteiger partial charge in [-0.2, -0.15) is 4.73 Å². The van der Waals surface area contributed by atoms with E-state index in [2.05, 4.69) is 5.32 Å². The molecule has 1 aliphatic rings. The van der Waals surface area contributed by atoms with Gasteiger partial charge in [-0.05, 0) is 43.0 Å². The van der Waals surface area contributed by atoms with Gasteiger partial charge in [-0.1, -0.05) is 18.2 Å². The lowest BCUT2D eigenvalue weighted by Gasteiger charge is -2.09. The highest BCUT2D eigenvalue weighted by Crippen LogP contribution is 2.38. The number of para-hydroxylation sites is 1. The van der Waals surface area contributed by atoms with Gasteiger partial charge < -0.3 is 19.7 Å². The number of nitrogens with zero attached hydrogens (tertiary/aromatic N) is 1. The van der Waals surface area contributed by atoms with E-state index in [9.17, 15) is 10.0 Å². The molecule has 140 valence electrons. The number of anilines is 1. The predicted molar refractivity (Wildman–Crippen MR) is 105 cm³/mol.